The molecule has 0 aliphatic carbocycles. The van der Waals surface area contributed by atoms with Gasteiger partial charge in [0.2, 0.25) is 0 Å². The Balaban J connectivity index is 2.06. The maximum Gasteiger partial charge on any atom is 0.0710 e. The Kier molecular flexibility index (Phi) is 2.04. The number of para-hydroxylation sites is 1. The van der Waals surface area contributed by atoms with E-state index in [1.807, 2.05) is 18.2 Å². The first-order chi connectivity index (χ1) is 10.3. The second kappa shape index (κ2) is 3.80. The molecule has 5 rings (SSSR count). The van der Waals surface area contributed by atoms with Crippen LogP contribution in [0.15, 0.2) is 54.6 Å². The SMILES string of the molecule is Clc1ccc2[nH]c3c(ccc4c5ccccc5[nH]c43)c2c1. The highest BCUT2D eigenvalue weighted by atomic mass is 35.5. The normalized spacial score (nSPS) is 12.0. The van der Waals surface area contributed by atoms with Crippen molar-refractivity contribution < 1.29 is 0 Å². The fourth-order valence-electron chi connectivity index (χ4n) is 3.26. The van der Waals surface area contributed by atoms with E-state index in [4.69, 9.17) is 11.6 Å². The maximum absolute atomic E-state index is 6.14. The second-order valence-electron chi connectivity index (χ2n) is 5.40. The van der Waals surface area contributed by atoms with Gasteiger partial charge in [0.05, 0.1) is 11.0 Å². The molecule has 0 aliphatic rings. The van der Waals surface area contributed by atoms with Gasteiger partial charge in [-0.25, -0.2) is 0 Å². The minimum absolute atomic E-state index is 0.764. The molecule has 0 radical (unpaired) electrons. The van der Waals surface area contributed by atoms with E-state index in [1.165, 1.54) is 16.2 Å². The predicted molar refractivity (Wildman–Crippen MR) is 90.2 cm³/mol. The van der Waals surface area contributed by atoms with Crippen LogP contribution in [0.1, 0.15) is 0 Å². The van der Waals surface area contributed by atoms with Crippen LogP contribution in [-0.4, -0.2) is 9.97 Å². The summed E-state index contributed by atoms with van der Waals surface area (Å²) >= 11 is 6.14. The standard InChI is InChI=1S/C18H11ClN2/c19-10-5-8-16-14(9-10)13-7-6-12-11-3-1-2-4-15(11)20-17(12)18(13)21-16/h1-9,20-21H. The molecular weight excluding hydrogens is 280 g/mol. The van der Waals surface area contributed by atoms with Crippen LogP contribution < -0.4 is 0 Å². The minimum atomic E-state index is 0.764. The predicted octanol–water partition coefficient (Wildman–Crippen LogP) is 5.61. The molecule has 3 aromatic carbocycles. The summed E-state index contributed by atoms with van der Waals surface area (Å²) in [6.07, 6.45) is 0. The highest BCUT2D eigenvalue weighted by Crippen LogP contribution is 2.35. The highest BCUT2D eigenvalue weighted by molar-refractivity contribution is 6.32. The largest absolute Gasteiger partial charge is 0.353 e. The first-order valence-electron chi connectivity index (χ1n) is 6.92. The Labute approximate surface area is 125 Å². The topological polar surface area (TPSA) is 31.6 Å². The van der Waals surface area contributed by atoms with Crippen molar-refractivity contribution >= 4 is 55.2 Å². The zero-order chi connectivity index (χ0) is 14.0. The monoisotopic (exact) mass is 290 g/mol. The number of benzene rings is 3. The molecule has 2 nitrogen and oxygen atoms in total. The molecule has 0 saturated heterocycles. The first kappa shape index (κ1) is 11.2. The van der Waals surface area contributed by atoms with Crippen molar-refractivity contribution in [3.63, 3.8) is 0 Å². The third-order valence-corrected chi connectivity index (χ3v) is 4.45. The zero-order valence-electron chi connectivity index (χ0n) is 11.1. The Morgan fingerprint density at radius 3 is 2.10 bits per heavy atom. The van der Waals surface area contributed by atoms with Gasteiger partial charge < -0.3 is 9.97 Å². The van der Waals surface area contributed by atoms with Crippen LogP contribution in [-0.2, 0) is 0 Å². The third kappa shape index (κ3) is 1.43. The Morgan fingerprint density at radius 2 is 1.29 bits per heavy atom. The average molecular weight is 291 g/mol. The van der Waals surface area contributed by atoms with Crippen LogP contribution in [0.2, 0.25) is 5.02 Å². The maximum atomic E-state index is 6.14. The number of hydrogen-bond acceptors (Lipinski definition) is 0. The summed E-state index contributed by atoms with van der Waals surface area (Å²) in [6, 6.07) is 18.7. The molecule has 0 fully saturated rings. The average Bonchev–Trinajstić information content (AvgIpc) is 3.05. The molecule has 0 bridgehead atoms. The number of rotatable bonds is 0. The molecule has 0 atom stereocenters. The number of halogens is 1. The first-order valence-corrected chi connectivity index (χ1v) is 7.29. The zero-order valence-corrected chi connectivity index (χ0v) is 11.8. The molecule has 0 aliphatic heterocycles. The number of H-pyrrole nitrogens is 2. The van der Waals surface area contributed by atoms with E-state index in [9.17, 15) is 0 Å². The summed E-state index contributed by atoms with van der Waals surface area (Å²) in [5.41, 5.74) is 4.57. The second-order valence-corrected chi connectivity index (χ2v) is 5.83. The molecular formula is C18H11ClN2. The summed E-state index contributed by atoms with van der Waals surface area (Å²) in [5, 5.41) is 5.63. The van der Waals surface area contributed by atoms with E-state index in [-0.39, 0.29) is 0 Å². The van der Waals surface area contributed by atoms with Gasteiger partial charge in [0.15, 0.2) is 0 Å². The van der Waals surface area contributed by atoms with Gasteiger partial charge >= 0.3 is 0 Å². The van der Waals surface area contributed by atoms with Crippen molar-refractivity contribution in [3.05, 3.63) is 59.6 Å². The van der Waals surface area contributed by atoms with Crippen LogP contribution in [0.3, 0.4) is 0 Å². The Morgan fingerprint density at radius 1 is 0.619 bits per heavy atom. The Bertz CT molecular complexity index is 1150. The molecule has 0 unspecified atom stereocenters. The molecule has 100 valence electrons. The van der Waals surface area contributed by atoms with Gasteiger partial charge in [0, 0.05) is 37.6 Å². The van der Waals surface area contributed by atoms with Gasteiger partial charge in [-0.05, 0) is 24.3 Å². The summed E-state index contributed by atoms with van der Waals surface area (Å²) in [7, 11) is 0. The Hall–Kier alpha value is -2.45. The summed E-state index contributed by atoms with van der Waals surface area (Å²) in [4.78, 5) is 7.05. The van der Waals surface area contributed by atoms with E-state index < -0.39 is 0 Å². The molecule has 3 heteroatoms. The number of aromatic amines is 2. The van der Waals surface area contributed by atoms with E-state index in [0.717, 1.165) is 32.5 Å². The molecule has 2 heterocycles. The fraction of sp³-hybridized carbons (Fsp3) is 0. The number of fused-ring (bicyclic) bond motifs is 7. The number of hydrogen-bond donors (Lipinski definition) is 2. The number of aromatic nitrogens is 2. The van der Waals surface area contributed by atoms with Crippen LogP contribution in [0, 0.1) is 0 Å². The van der Waals surface area contributed by atoms with Gasteiger partial charge in [-0.15, -0.1) is 0 Å². The molecule has 2 aromatic heterocycles. The summed E-state index contributed by atoms with van der Waals surface area (Å²) in [5.74, 6) is 0. The van der Waals surface area contributed by atoms with Crippen molar-refractivity contribution in [1.82, 2.24) is 9.97 Å². The minimum Gasteiger partial charge on any atom is -0.353 e. The third-order valence-electron chi connectivity index (χ3n) is 4.21. The van der Waals surface area contributed by atoms with Crippen molar-refractivity contribution in [1.29, 1.82) is 0 Å². The van der Waals surface area contributed by atoms with Crippen molar-refractivity contribution in [2.75, 3.05) is 0 Å². The van der Waals surface area contributed by atoms with Crippen molar-refractivity contribution in [2.45, 2.75) is 0 Å². The van der Waals surface area contributed by atoms with E-state index in [2.05, 4.69) is 46.4 Å². The lowest BCUT2D eigenvalue weighted by Crippen LogP contribution is -1.72. The van der Waals surface area contributed by atoms with Gasteiger partial charge in [-0.2, -0.15) is 0 Å². The van der Waals surface area contributed by atoms with Gasteiger partial charge in [0.1, 0.15) is 0 Å². The van der Waals surface area contributed by atoms with E-state index >= 15 is 0 Å². The van der Waals surface area contributed by atoms with Gasteiger partial charge in [-0.1, -0.05) is 41.9 Å². The summed E-state index contributed by atoms with van der Waals surface area (Å²) in [6.45, 7) is 0. The molecule has 5 aromatic rings. The van der Waals surface area contributed by atoms with Gasteiger partial charge in [0.25, 0.3) is 0 Å². The van der Waals surface area contributed by atoms with Crippen LogP contribution in [0.25, 0.3) is 43.6 Å². The van der Waals surface area contributed by atoms with E-state index in [0.29, 0.717) is 0 Å². The molecule has 2 N–H and O–H groups in total. The van der Waals surface area contributed by atoms with Gasteiger partial charge in [-0.3, -0.25) is 0 Å². The lowest BCUT2D eigenvalue weighted by molar-refractivity contribution is 1.51. The van der Waals surface area contributed by atoms with Crippen molar-refractivity contribution in [2.24, 2.45) is 0 Å². The fourth-order valence-corrected chi connectivity index (χ4v) is 3.43. The summed E-state index contributed by atoms with van der Waals surface area (Å²) < 4.78 is 0. The van der Waals surface area contributed by atoms with Crippen LogP contribution >= 0.6 is 11.6 Å². The number of nitrogens with one attached hydrogen (secondary N) is 2. The molecule has 21 heavy (non-hydrogen) atoms. The smallest absolute Gasteiger partial charge is 0.0710 e. The van der Waals surface area contributed by atoms with Crippen molar-refractivity contribution in [3.8, 4) is 0 Å². The lowest BCUT2D eigenvalue weighted by atomic mass is 10.1. The molecule has 0 saturated carbocycles. The highest BCUT2D eigenvalue weighted by Gasteiger charge is 2.11. The quantitative estimate of drug-likeness (QED) is 0.371. The van der Waals surface area contributed by atoms with Crippen LogP contribution in [0.5, 0.6) is 0 Å². The molecule has 0 spiro atoms. The van der Waals surface area contributed by atoms with E-state index in [1.54, 1.807) is 0 Å². The lowest BCUT2D eigenvalue weighted by Gasteiger charge is -1.94. The molecule has 0 amide bonds. The van der Waals surface area contributed by atoms with Crippen LogP contribution in [0.4, 0.5) is 0 Å².